The van der Waals surface area contributed by atoms with Crippen molar-refractivity contribution in [1.29, 1.82) is 0 Å². The van der Waals surface area contributed by atoms with Crippen molar-refractivity contribution >= 4 is 62.3 Å². The summed E-state index contributed by atoms with van der Waals surface area (Å²) in [6, 6.07) is 2.90. The van der Waals surface area contributed by atoms with Gasteiger partial charge in [0.2, 0.25) is 5.78 Å². The van der Waals surface area contributed by atoms with Crippen LogP contribution < -0.4 is 0 Å². The van der Waals surface area contributed by atoms with E-state index in [0.29, 0.717) is 15.8 Å². The topological polar surface area (TPSA) is 52.2 Å². The van der Waals surface area contributed by atoms with Crippen LogP contribution in [0.4, 0.5) is 0 Å². The van der Waals surface area contributed by atoms with E-state index in [4.69, 9.17) is 39.2 Å². The van der Waals surface area contributed by atoms with Gasteiger partial charge in [0.05, 0.1) is 17.5 Å². The fourth-order valence-corrected chi connectivity index (χ4v) is 2.38. The molecule has 2 rings (SSSR count). The number of furan rings is 1. The van der Waals surface area contributed by atoms with E-state index >= 15 is 0 Å². The molecule has 2 aromatic rings. The summed E-state index contributed by atoms with van der Waals surface area (Å²) in [7, 11) is 1.59. The van der Waals surface area contributed by atoms with Gasteiger partial charge in [0, 0.05) is 18.8 Å². The maximum absolute atomic E-state index is 12.3. The Labute approximate surface area is 137 Å². The molecule has 0 aliphatic rings. The smallest absolute Gasteiger partial charge is 0.255 e. The Kier molecular flexibility index (Phi) is 4.35. The SMILES string of the molecule is Cn1cc(C(=O)c2ccoc2Br)cc1C(=O)C(Cl)(Cl)Cl. The lowest BCUT2D eigenvalue weighted by atomic mass is 10.1. The van der Waals surface area contributed by atoms with Gasteiger partial charge in [-0.1, -0.05) is 34.8 Å². The monoisotopic (exact) mass is 397 g/mol. The molecular formula is C12H7BrCl3NO3. The second-order valence-electron chi connectivity index (χ2n) is 3.99. The molecule has 0 bridgehead atoms. The fourth-order valence-electron chi connectivity index (χ4n) is 1.67. The molecule has 20 heavy (non-hydrogen) atoms. The predicted molar refractivity (Wildman–Crippen MR) is 79.9 cm³/mol. The van der Waals surface area contributed by atoms with Gasteiger partial charge >= 0.3 is 0 Å². The Bertz CT molecular complexity index is 684. The van der Waals surface area contributed by atoms with Gasteiger partial charge in [0.25, 0.3) is 3.79 Å². The van der Waals surface area contributed by atoms with E-state index in [1.807, 2.05) is 0 Å². The molecule has 0 unspecified atom stereocenters. The van der Waals surface area contributed by atoms with E-state index < -0.39 is 9.58 Å². The fraction of sp³-hybridized carbons (Fsp3) is 0.167. The Morgan fingerprint density at radius 1 is 1.35 bits per heavy atom. The van der Waals surface area contributed by atoms with Crippen LogP contribution in [0.25, 0.3) is 0 Å². The maximum atomic E-state index is 12.3. The summed E-state index contributed by atoms with van der Waals surface area (Å²) in [4.78, 5) is 24.2. The minimum Gasteiger partial charge on any atom is -0.457 e. The zero-order valence-corrected chi connectivity index (χ0v) is 13.8. The maximum Gasteiger partial charge on any atom is 0.255 e. The molecule has 4 nitrogen and oxygen atoms in total. The number of aryl methyl sites for hydroxylation is 1. The number of nitrogens with zero attached hydrogens (tertiary/aromatic N) is 1. The van der Waals surface area contributed by atoms with Crippen LogP contribution in [-0.2, 0) is 7.05 Å². The first-order valence-electron chi connectivity index (χ1n) is 5.27. The van der Waals surface area contributed by atoms with Crippen molar-refractivity contribution in [3.63, 3.8) is 0 Å². The summed E-state index contributed by atoms with van der Waals surface area (Å²) in [5.74, 6) is -1.00. The highest BCUT2D eigenvalue weighted by atomic mass is 79.9. The molecule has 0 aliphatic heterocycles. The number of halogens is 4. The number of alkyl halides is 3. The van der Waals surface area contributed by atoms with Crippen LogP contribution in [-0.4, -0.2) is 19.9 Å². The van der Waals surface area contributed by atoms with E-state index in [1.165, 1.54) is 29.2 Å². The molecule has 0 fully saturated rings. The zero-order valence-electron chi connectivity index (χ0n) is 9.99. The number of hydrogen-bond donors (Lipinski definition) is 0. The second kappa shape index (κ2) is 5.56. The van der Waals surface area contributed by atoms with Gasteiger partial charge in [-0.25, -0.2) is 0 Å². The van der Waals surface area contributed by atoms with E-state index in [2.05, 4.69) is 15.9 Å². The standard InChI is InChI=1S/C12H7BrCl3NO3/c1-17-5-6(4-8(17)10(19)12(14,15)16)9(18)7-2-3-20-11(7)13/h2-5H,1H3. The number of hydrogen-bond acceptors (Lipinski definition) is 3. The van der Waals surface area contributed by atoms with Crippen LogP contribution in [0.2, 0.25) is 0 Å². The van der Waals surface area contributed by atoms with E-state index in [0.717, 1.165) is 0 Å². The lowest BCUT2D eigenvalue weighted by molar-refractivity contribution is 0.0988. The summed E-state index contributed by atoms with van der Waals surface area (Å²) in [5, 5.41) is 0. The highest BCUT2D eigenvalue weighted by molar-refractivity contribution is 9.10. The number of aromatic nitrogens is 1. The first-order chi connectivity index (χ1) is 9.21. The molecule has 0 aromatic carbocycles. The first kappa shape index (κ1) is 15.6. The van der Waals surface area contributed by atoms with E-state index in [-0.39, 0.29) is 11.5 Å². The minimum atomic E-state index is -2.07. The van der Waals surface area contributed by atoms with Gasteiger partial charge in [-0.05, 0) is 28.1 Å². The third-order valence-electron chi connectivity index (χ3n) is 2.62. The molecule has 0 N–H and O–H groups in total. The van der Waals surface area contributed by atoms with Gasteiger partial charge in [-0.3, -0.25) is 9.59 Å². The molecular weight excluding hydrogens is 392 g/mol. The van der Waals surface area contributed by atoms with Gasteiger partial charge in [0.15, 0.2) is 10.5 Å². The van der Waals surface area contributed by atoms with Gasteiger partial charge in [-0.15, -0.1) is 0 Å². The third kappa shape index (κ3) is 2.96. The average molecular weight is 399 g/mol. The van der Waals surface area contributed by atoms with Gasteiger partial charge in [-0.2, -0.15) is 0 Å². The van der Waals surface area contributed by atoms with Crippen molar-refractivity contribution in [1.82, 2.24) is 4.57 Å². The minimum absolute atomic E-state index is 0.132. The van der Waals surface area contributed by atoms with Crippen molar-refractivity contribution in [3.05, 3.63) is 46.1 Å². The quantitative estimate of drug-likeness (QED) is 0.575. The van der Waals surface area contributed by atoms with Crippen LogP contribution >= 0.6 is 50.7 Å². The molecule has 0 aliphatic carbocycles. The summed E-state index contributed by atoms with van der Waals surface area (Å²) in [6.45, 7) is 0. The molecule has 8 heteroatoms. The highest BCUT2D eigenvalue weighted by Gasteiger charge is 2.34. The second-order valence-corrected chi connectivity index (χ2v) is 6.99. The Hall–Kier alpha value is -0.750. The van der Waals surface area contributed by atoms with Crippen LogP contribution in [0.15, 0.2) is 33.7 Å². The summed E-state index contributed by atoms with van der Waals surface area (Å²) in [5.41, 5.74) is 0.781. The predicted octanol–water partition coefficient (Wildman–Crippen LogP) is 4.16. The Balaban J connectivity index is 2.40. The van der Waals surface area contributed by atoms with Crippen LogP contribution in [0, 0.1) is 0 Å². The Morgan fingerprint density at radius 2 is 2.00 bits per heavy atom. The third-order valence-corrected chi connectivity index (χ3v) is 3.75. The van der Waals surface area contributed by atoms with E-state index in [1.54, 1.807) is 7.05 Å². The zero-order chi connectivity index (χ0) is 15.1. The molecule has 0 saturated carbocycles. The Morgan fingerprint density at radius 3 is 2.50 bits per heavy atom. The molecule has 2 heterocycles. The van der Waals surface area contributed by atoms with Gasteiger partial charge in [0.1, 0.15) is 0 Å². The van der Waals surface area contributed by atoms with Crippen molar-refractivity contribution in [2.24, 2.45) is 7.05 Å². The highest BCUT2D eigenvalue weighted by Crippen LogP contribution is 2.31. The molecule has 0 atom stereocenters. The lowest BCUT2D eigenvalue weighted by Gasteiger charge is -2.09. The lowest BCUT2D eigenvalue weighted by Crippen LogP contribution is -2.21. The van der Waals surface area contributed by atoms with Crippen molar-refractivity contribution in [2.45, 2.75) is 3.79 Å². The summed E-state index contributed by atoms with van der Waals surface area (Å²) < 4.78 is 4.69. The number of carbonyl (C=O) groups excluding carboxylic acids is 2. The number of carbonyl (C=O) groups is 2. The number of rotatable bonds is 3. The molecule has 0 amide bonds. The van der Waals surface area contributed by atoms with Crippen LogP contribution in [0.3, 0.4) is 0 Å². The van der Waals surface area contributed by atoms with Crippen molar-refractivity contribution in [2.75, 3.05) is 0 Å². The molecule has 2 aromatic heterocycles. The van der Waals surface area contributed by atoms with Gasteiger partial charge < -0.3 is 8.98 Å². The first-order valence-corrected chi connectivity index (χ1v) is 7.20. The molecule has 0 radical (unpaired) electrons. The summed E-state index contributed by atoms with van der Waals surface area (Å²) in [6.07, 6.45) is 2.87. The van der Waals surface area contributed by atoms with Crippen LogP contribution in [0.1, 0.15) is 26.4 Å². The van der Waals surface area contributed by atoms with E-state index in [9.17, 15) is 9.59 Å². The molecule has 0 saturated heterocycles. The normalized spacial score (nSPS) is 11.7. The van der Waals surface area contributed by atoms with Crippen molar-refractivity contribution in [3.8, 4) is 0 Å². The summed E-state index contributed by atoms with van der Waals surface area (Å²) >= 11 is 19.8. The average Bonchev–Trinajstić information content (AvgIpc) is 2.92. The van der Waals surface area contributed by atoms with Crippen LogP contribution in [0.5, 0.6) is 0 Å². The molecule has 106 valence electrons. The van der Waals surface area contributed by atoms with Crippen molar-refractivity contribution < 1.29 is 14.0 Å². The molecule has 0 spiro atoms. The number of ketones is 2. The number of Topliss-reactive ketones (excluding diaryl/α,β-unsaturated/α-hetero) is 1. The largest absolute Gasteiger partial charge is 0.457 e.